The summed E-state index contributed by atoms with van der Waals surface area (Å²) < 4.78 is 33.2. The minimum absolute atomic E-state index is 0.105. The molecular weight excluding hydrogens is 532 g/mol. The van der Waals surface area contributed by atoms with Crippen LogP contribution in [0.4, 0.5) is 8.78 Å². The van der Waals surface area contributed by atoms with E-state index >= 15 is 0 Å². The molecule has 0 atom stereocenters. The predicted molar refractivity (Wildman–Crippen MR) is 129 cm³/mol. The zero-order chi connectivity index (χ0) is 22.0. The molecule has 0 radical (unpaired) electrons. The fraction of sp³-hybridized carbons (Fsp3) is 0.0714. The van der Waals surface area contributed by atoms with Gasteiger partial charge in [0.05, 0.1) is 0 Å². The van der Waals surface area contributed by atoms with Crippen LogP contribution in [-0.2, 0) is 5.41 Å². The summed E-state index contributed by atoms with van der Waals surface area (Å²) in [5.74, 6) is -0.481. The van der Waals surface area contributed by atoms with Gasteiger partial charge < -0.3 is 0 Å². The Hall–Kier alpha value is -2.48. The van der Waals surface area contributed by atoms with E-state index in [1.165, 1.54) is 42.1 Å². The van der Waals surface area contributed by atoms with Crippen LogP contribution >= 0.6 is 0 Å². The first-order valence-electron chi connectivity index (χ1n) is 10.4. The van der Waals surface area contributed by atoms with Gasteiger partial charge in [0.15, 0.2) is 0 Å². The van der Waals surface area contributed by atoms with E-state index in [2.05, 4.69) is 48.5 Å². The van der Waals surface area contributed by atoms with E-state index in [0.29, 0.717) is 0 Å². The molecule has 4 aromatic rings. The van der Waals surface area contributed by atoms with Gasteiger partial charge in [-0.2, -0.15) is 0 Å². The molecule has 4 aromatic carbocycles. The first-order valence-corrected chi connectivity index (χ1v) is 13.8. The summed E-state index contributed by atoms with van der Waals surface area (Å²) in [6.45, 7) is 0. The van der Waals surface area contributed by atoms with Crippen molar-refractivity contribution in [1.29, 1.82) is 0 Å². The second-order valence-corrected chi connectivity index (χ2v) is 12.4. The molecule has 5 rings (SSSR count). The molecule has 0 bridgehead atoms. The third-order valence-electron chi connectivity index (χ3n) is 5.69. The van der Waals surface area contributed by atoms with E-state index in [1.807, 2.05) is 36.4 Å². The van der Waals surface area contributed by atoms with E-state index in [-0.39, 0.29) is 47.0 Å². The SMILES string of the molecule is Fc1ccc(C2(c3ccc(F)cc3)CC([Se]c3ccccc3)=C2[Se]c2ccccc2)cc1. The van der Waals surface area contributed by atoms with Crippen LogP contribution in [-0.4, -0.2) is 29.9 Å². The molecule has 0 N–H and O–H groups in total. The Labute approximate surface area is 199 Å². The van der Waals surface area contributed by atoms with Crippen molar-refractivity contribution < 1.29 is 8.78 Å². The number of hydrogen-bond acceptors (Lipinski definition) is 0. The molecule has 0 heterocycles. The van der Waals surface area contributed by atoms with Crippen LogP contribution < -0.4 is 8.92 Å². The fourth-order valence-corrected chi connectivity index (χ4v) is 9.90. The summed E-state index contributed by atoms with van der Waals surface area (Å²) in [4.78, 5) is 0. The number of benzene rings is 4. The van der Waals surface area contributed by atoms with E-state index in [0.717, 1.165) is 17.5 Å². The molecule has 158 valence electrons. The summed E-state index contributed by atoms with van der Waals surface area (Å²) in [5, 5.41) is 0. The molecule has 0 amide bonds. The van der Waals surface area contributed by atoms with Gasteiger partial charge in [-0.25, -0.2) is 0 Å². The molecule has 0 saturated heterocycles. The summed E-state index contributed by atoms with van der Waals surface area (Å²) in [6, 6.07) is 34.9. The van der Waals surface area contributed by atoms with Crippen molar-refractivity contribution in [2.45, 2.75) is 11.8 Å². The average molecular weight is 552 g/mol. The number of allylic oxidation sites excluding steroid dienone is 2. The Bertz CT molecular complexity index is 1190. The van der Waals surface area contributed by atoms with Crippen molar-refractivity contribution >= 4 is 38.8 Å². The molecule has 0 saturated carbocycles. The molecule has 32 heavy (non-hydrogen) atoms. The molecule has 0 spiro atoms. The van der Waals surface area contributed by atoms with E-state index in [4.69, 9.17) is 0 Å². The average Bonchev–Trinajstić information content (AvgIpc) is 2.83. The molecule has 4 heteroatoms. The van der Waals surface area contributed by atoms with Crippen molar-refractivity contribution in [2.75, 3.05) is 0 Å². The van der Waals surface area contributed by atoms with E-state index < -0.39 is 0 Å². The molecule has 1 aliphatic rings. The Morgan fingerprint density at radius 1 is 0.531 bits per heavy atom. The van der Waals surface area contributed by atoms with Crippen molar-refractivity contribution in [3.05, 3.63) is 141 Å². The molecule has 1 aliphatic carbocycles. The zero-order valence-electron chi connectivity index (χ0n) is 17.2. The molecule has 0 aliphatic heterocycles. The summed E-state index contributed by atoms with van der Waals surface area (Å²) in [6.07, 6.45) is 0.878. The van der Waals surface area contributed by atoms with Crippen molar-refractivity contribution in [1.82, 2.24) is 0 Å². The van der Waals surface area contributed by atoms with Crippen LogP contribution in [0, 0.1) is 11.6 Å². The van der Waals surface area contributed by atoms with Gasteiger partial charge in [0, 0.05) is 0 Å². The summed E-state index contributed by atoms with van der Waals surface area (Å²) in [7, 11) is 0. The standard InChI is InChI=1S/C28H20F2Se2/c29-22-15-11-20(12-16-22)28(21-13-17-23(30)18-14-21)19-26(31-24-7-3-1-4-8-24)27(28)32-25-9-5-2-6-10-25/h1-18H,19H2. The summed E-state index contributed by atoms with van der Waals surface area (Å²) >= 11 is 0.324. The van der Waals surface area contributed by atoms with Gasteiger partial charge in [-0.1, -0.05) is 0 Å². The first kappa shape index (κ1) is 21.4. The van der Waals surface area contributed by atoms with Crippen molar-refractivity contribution in [2.24, 2.45) is 0 Å². The maximum atomic E-state index is 13.8. The van der Waals surface area contributed by atoms with Gasteiger partial charge in [0.1, 0.15) is 0 Å². The predicted octanol–water partition coefficient (Wildman–Crippen LogP) is 4.93. The Morgan fingerprint density at radius 2 is 0.969 bits per heavy atom. The molecule has 0 aromatic heterocycles. The second-order valence-electron chi connectivity index (χ2n) is 7.68. The van der Waals surface area contributed by atoms with Gasteiger partial charge in [-0.05, 0) is 0 Å². The Balaban J connectivity index is 1.67. The topological polar surface area (TPSA) is 0 Å². The van der Waals surface area contributed by atoms with E-state index in [1.54, 1.807) is 0 Å². The molecular formula is C28H20F2Se2. The minimum atomic E-state index is -0.344. The maximum absolute atomic E-state index is 13.8. The number of rotatable bonds is 6. The number of hydrogen-bond donors (Lipinski definition) is 0. The van der Waals surface area contributed by atoms with Crippen LogP contribution in [0.2, 0.25) is 0 Å². The van der Waals surface area contributed by atoms with E-state index in [9.17, 15) is 8.78 Å². The van der Waals surface area contributed by atoms with Gasteiger partial charge >= 0.3 is 200 Å². The van der Waals surface area contributed by atoms with Crippen LogP contribution in [0.25, 0.3) is 0 Å². The van der Waals surface area contributed by atoms with Gasteiger partial charge in [0.2, 0.25) is 0 Å². The third-order valence-corrected chi connectivity index (χ3v) is 11.4. The monoisotopic (exact) mass is 554 g/mol. The zero-order valence-corrected chi connectivity index (χ0v) is 20.6. The summed E-state index contributed by atoms with van der Waals surface area (Å²) in [5.41, 5.74) is 1.81. The van der Waals surface area contributed by atoms with Crippen LogP contribution in [0.1, 0.15) is 17.5 Å². The van der Waals surface area contributed by atoms with Gasteiger partial charge in [-0.15, -0.1) is 0 Å². The normalized spacial score (nSPS) is 14.8. The fourth-order valence-electron chi connectivity index (χ4n) is 4.10. The van der Waals surface area contributed by atoms with Crippen molar-refractivity contribution in [3.63, 3.8) is 0 Å². The van der Waals surface area contributed by atoms with Gasteiger partial charge in [0.25, 0.3) is 0 Å². The second kappa shape index (κ2) is 9.17. The molecule has 0 unspecified atom stereocenters. The van der Waals surface area contributed by atoms with Crippen LogP contribution in [0.5, 0.6) is 0 Å². The quantitative estimate of drug-likeness (QED) is 0.298. The Kier molecular flexibility index (Phi) is 6.13. The number of halogens is 2. The molecule has 0 fully saturated rings. The van der Waals surface area contributed by atoms with Crippen LogP contribution in [0.3, 0.4) is 0 Å². The third kappa shape index (κ3) is 4.12. The first-order chi connectivity index (χ1) is 15.6. The van der Waals surface area contributed by atoms with Gasteiger partial charge in [-0.3, -0.25) is 0 Å². The van der Waals surface area contributed by atoms with Crippen LogP contribution in [0.15, 0.2) is 118 Å². The Morgan fingerprint density at radius 3 is 1.44 bits per heavy atom. The van der Waals surface area contributed by atoms with Crippen molar-refractivity contribution in [3.8, 4) is 0 Å². The molecule has 0 nitrogen and oxygen atoms in total.